The van der Waals surface area contributed by atoms with Crippen molar-refractivity contribution in [2.24, 2.45) is 11.7 Å². The van der Waals surface area contributed by atoms with E-state index in [2.05, 4.69) is 9.88 Å². The zero-order valence-electron chi connectivity index (χ0n) is 18.4. The summed E-state index contributed by atoms with van der Waals surface area (Å²) in [4.78, 5) is 17.4. The molecule has 1 aliphatic heterocycles. The molecule has 2 aliphatic rings. The number of H-pyrrole nitrogens is 1. The molecule has 1 amide bonds. The van der Waals surface area contributed by atoms with Crippen LogP contribution in [0.3, 0.4) is 0 Å². The van der Waals surface area contributed by atoms with Gasteiger partial charge in [0.15, 0.2) is 11.6 Å². The summed E-state index contributed by atoms with van der Waals surface area (Å²) in [7, 11) is 0. The molecule has 0 bridgehead atoms. The molecule has 0 unspecified atom stereocenters. The van der Waals surface area contributed by atoms with Crippen LogP contribution in [-0.4, -0.2) is 35.5 Å². The van der Waals surface area contributed by atoms with E-state index in [4.69, 9.17) is 10.5 Å². The monoisotopic (exact) mass is 451 g/mol. The zero-order valence-corrected chi connectivity index (χ0v) is 18.4. The molecular weight excluding hydrogens is 424 g/mol. The summed E-state index contributed by atoms with van der Waals surface area (Å²) in [5.74, 6) is -0.569. The molecule has 0 spiro atoms. The lowest BCUT2D eigenvalue weighted by Crippen LogP contribution is -2.31. The van der Waals surface area contributed by atoms with E-state index in [9.17, 15) is 13.6 Å². The van der Waals surface area contributed by atoms with Crippen LogP contribution < -0.4 is 10.5 Å². The van der Waals surface area contributed by atoms with Gasteiger partial charge in [0.05, 0.1) is 11.3 Å². The summed E-state index contributed by atoms with van der Waals surface area (Å²) in [5, 5.41) is 0.936. The number of carbonyl (C=O) groups is 1. The number of benzene rings is 2. The van der Waals surface area contributed by atoms with E-state index >= 15 is 0 Å². The van der Waals surface area contributed by atoms with Gasteiger partial charge in [-0.1, -0.05) is 0 Å². The minimum Gasteiger partial charge on any atom is -0.484 e. The number of fused-ring (bicyclic) bond motifs is 2. The summed E-state index contributed by atoms with van der Waals surface area (Å²) in [6.07, 6.45) is 9.00. The Morgan fingerprint density at radius 1 is 1.18 bits per heavy atom. The molecular formula is C26H27F2N3O2. The Morgan fingerprint density at radius 3 is 2.82 bits per heavy atom. The second-order valence-electron chi connectivity index (χ2n) is 8.98. The highest BCUT2D eigenvalue weighted by atomic mass is 19.1. The number of aryl methyl sites for hydroxylation is 1. The van der Waals surface area contributed by atoms with Gasteiger partial charge in [-0.05, 0) is 80.0 Å². The van der Waals surface area contributed by atoms with Gasteiger partial charge in [-0.2, -0.15) is 0 Å². The summed E-state index contributed by atoms with van der Waals surface area (Å²) in [6.45, 7) is 2.02. The first-order valence-corrected chi connectivity index (χ1v) is 11.5. The largest absolute Gasteiger partial charge is 0.484 e. The number of amides is 1. The third-order valence-electron chi connectivity index (χ3n) is 6.52. The predicted octanol–water partition coefficient (Wildman–Crippen LogP) is 5.01. The number of primary amides is 1. The average Bonchev–Trinajstić information content (AvgIpc) is 3.54. The van der Waals surface area contributed by atoms with E-state index in [1.807, 2.05) is 12.3 Å². The highest BCUT2D eigenvalue weighted by Gasteiger charge is 2.28. The molecule has 0 radical (unpaired) electrons. The molecule has 3 aromatic rings. The van der Waals surface area contributed by atoms with Gasteiger partial charge in [0.1, 0.15) is 12.4 Å². The number of aromatic nitrogens is 1. The van der Waals surface area contributed by atoms with Crippen LogP contribution in [0, 0.1) is 17.6 Å². The highest BCUT2D eigenvalue weighted by molar-refractivity contribution is 5.98. The normalized spacial score (nSPS) is 15.2. The number of nitrogens with two attached hydrogens (primary N) is 1. The standard InChI is InChI=1S/C26H27F2N3O2/c27-18-6-9-24-21(11-18)17(13-30-24)3-1-2-10-31(14-16-4-5-16)19-12-22-20(26(29)32)7-8-23(28)25(22)33-15-19/h6-9,11-13,16,30H,1-5,10,14-15H2,(H2,29,32). The molecule has 33 heavy (non-hydrogen) atoms. The second-order valence-corrected chi connectivity index (χ2v) is 8.98. The highest BCUT2D eigenvalue weighted by Crippen LogP contribution is 2.36. The lowest BCUT2D eigenvalue weighted by Gasteiger charge is -2.31. The van der Waals surface area contributed by atoms with Crippen molar-refractivity contribution in [3.05, 3.63) is 70.6 Å². The summed E-state index contributed by atoms with van der Waals surface area (Å²) >= 11 is 0. The van der Waals surface area contributed by atoms with Gasteiger partial charge < -0.3 is 20.4 Å². The molecule has 5 nitrogen and oxygen atoms in total. The van der Waals surface area contributed by atoms with E-state index in [1.54, 1.807) is 12.1 Å². The van der Waals surface area contributed by atoms with Gasteiger partial charge in [-0.3, -0.25) is 4.79 Å². The van der Waals surface area contributed by atoms with Crippen LogP contribution in [0.15, 0.2) is 42.2 Å². The number of ether oxygens (including phenoxy) is 1. The van der Waals surface area contributed by atoms with Crippen molar-refractivity contribution in [2.45, 2.75) is 32.1 Å². The Hall–Kier alpha value is -3.35. The second kappa shape index (κ2) is 8.89. The fourth-order valence-electron chi connectivity index (χ4n) is 4.55. The Labute approximate surface area is 191 Å². The van der Waals surface area contributed by atoms with Crippen molar-refractivity contribution in [3.63, 3.8) is 0 Å². The zero-order chi connectivity index (χ0) is 22.9. The Kier molecular flexibility index (Phi) is 5.79. The summed E-state index contributed by atoms with van der Waals surface area (Å²) in [6, 6.07) is 7.44. The minimum atomic E-state index is -0.601. The molecule has 172 valence electrons. The number of carbonyl (C=O) groups excluding carboxylic acids is 1. The Balaban J connectivity index is 1.29. The third kappa shape index (κ3) is 4.58. The number of unbranched alkanes of at least 4 members (excludes halogenated alkanes) is 1. The van der Waals surface area contributed by atoms with E-state index in [0.717, 1.165) is 54.5 Å². The number of nitrogens with zero attached hydrogens (tertiary/aromatic N) is 1. The lowest BCUT2D eigenvalue weighted by atomic mass is 10.0. The number of hydrogen-bond acceptors (Lipinski definition) is 3. The molecule has 5 rings (SSSR count). The summed E-state index contributed by atoms with van der Waals surface area (Å²) in [5.41, 5.74) is 9.20. The van der Waals surface area contributed by atoms with Crippen LogP contribution in [0.4, 0.5) is 8.78 Å². The van der Waals surface area contributed by atoms with Gasteiger partial charge in [0.25, 0.3) is 0 Å². The van der Waals surface area contributed by atoms with E-state index in [1.165, 1.54) is 31.0 Å². The van der Waals surface area contributed by atoms with Crippen LogP contribution in [0.1, 0.15) is 47.2 Å². The molecule has 7 heteroatoms. The van der Waals surface area contributed by atoms with E-state index < -0.39 is 11.7 Å². The first kappa shape index (κ1) is 21.5. The molecule has 1 saturated carbocycles. The van der Waals surface area contributed by atoms with Crippen molar-refractivity contribution < 1.29 is 18.3 Å². The fraction of sp³-hybridized carbons (Fsp3) is 0.346. The number of rotatable bonds is 9. The molecule has 0 atom stereocenters. The lowest BCUT2D eigenvalue weighted by molar-refractivity contribution is 0.0999. The first-order valence-electron chi connectivity index (χ1n) is 11.5. The number of nitrogens with one attached hydrogen (secondary N) is 1. The number of halogens is 2. The fourth-order valence-corrected chi connectivity index (χ4v) is 4.55. The van der Waals surface area contributed by atoms with Crippen molar-refractivity contribution in [1.29, 1.82) is 0 Å². The molecule has 1 aliphatic carbocycles. The van der Waals surface area contributed by atoms with Crippen LogP contribution in [0.25, 0.3) is 17.0 Å². The molecule has 2 aromatic carbocycles. The van der Waals surface area contributed by atoms with Gasteiger partial charge in [0, 0.05) is 35.8 Å². The maximum absolute atomic E-state index is 14.2. The molecule has 3 N–H and O–H groups in total. The quantitative estimate of drug-likeness (QED) is 0.449. The first-order chi connectivity index (χ1) is 16.0. The SMILES string of the molecule is NC(=O)c1ccc(F)c2c1C=C(N(CCCCc1c[nH]c3ccc(F)cc13)CC1CC1)CO2. The topological polar surface area (TPSA) is 71.4 Å². The van der Waals surface area contributed by atoms with Crippen molar-refractivity contribution in [2.75, 3.05) is 19.7 Å². The molecule has 1 fully saturated rings. The van der Waals surface area contributed by atoms with E-state index in [-0.39, 0.29) is 23.7 Å². The molecule has 0 saturated heterocycles. The van der Waals surface area contributed by atoms with Crippen molar-refractivity contribution in [1.82, 2.24) is 9.88 Å². The van der Waals surface area contributed by atoms with Crippen LogP contribution >= 0.6 is 0 Å². The molecule has 2 heterocycles. The average molecular weight is 452 g/mol. The Bertz CT molecular complexity index is 1230. The summed E-state index contributed by atoms with van der Waals surface area (Å²) < 4.78 is 33.6. The maximum atomic E-state index is 14.2. The van der Waals surface area contributed by atoms with E-state index in [0.29, 0.717) is 11.5 Å². The number of hydrogen-bond donors (Lipinski definition) is 2. The van der Waals surface area contributed by atoms with Gasteiger partial charge in [-0.15, -0.1) is 0 Å². The minimum absolute atomic E-state index is 0.0907. The number of aromatic amines is 1. The third-order valence-corrected chi connectivity index (χ3v) is 6.52. The predicted molar refractivity (Wildman–Crippen MR) is 124 cm³/mol. The Morgan fingerprint density at radius 2 is 2.03 bits per heavy atom. The van der Waals surface area contributed by atoms with Crippen LogP contribution in [0.5, 0.6) is 5.75 Å². The van der Waals surface area contributed by atoms with Crippen molar-refractivity contribution in [3.8, 4) is 5.75 Å². The van der Waals surface area contributed by atoms with Gasteiger partial charge in [-0.25, -0.2) is 8.78 Å². The van der Waals surface area contributed by atoms with Gasteiger partial charge >= 0.3 is 0 Å². The van der Waals surface area contributed by atoms with Crippen LogP contribution in [0.2, 0.25) is 0 Å². The van der Waals surface area contributed by atoms with Gasteiger partial charge in [0.2, 0.25) is 5.91 Å². The van der Waals surface area contributed by atoms with Crippen molar-refractivity contribution >= 4 is 22.9 Å². The maximum Gasteiger partial charge on any atom is 0.249 e. The van der Waals surface area contributed by atoms with Crippen LogP contribution in [-0.2, 0) is 6.42 Å². The molecule has 1 aromatic heterocycles. The smallest absolute Gasteiger partial charge is 0.249 e.